The molecule has 1 aliphatic heterocycles. The molecule has 0 atom stereocenters. The van der Waals surface area contributed by atoms with Gasteiger partial charge in [0.05, 0.1) is 16.7 Å². The van der Waals surface area contributed by atoms with Gasteiger partial charge in [0.2, 0.25) is 5.91 Å². The van der Waals surface area contributed by atoms with Crippen LogP contribution in [0.3, 0.4) is 0 Å². The highest BCUT2D eigenvalue weighted by molar-refractivity contribution is 7.99. The molecule has 1 aromatic carbocycles. The second-order valence-corrected chi connectivity index (χ2v) is 8.07. The molecule has 0 aliphatic carbocycles. The van der Waals surface area contributed by atoms with E-state index in [2.05, 4.69) is 14.9 Å². The number of fused-ring (bicyclic) bond motifs is 1. The van der Waals surface area contributed by atoms with E-state index < -0.39 is 0 Å². The van der Waals surface area contributed by atoms with Crippen LogP contribution in [0.5, 0.6) is 0 Å². The maximum absolute atomic E-state index is 12.7. The molecule has 150 valence electrons. The fraction of sp³-hybridized carbons (Fsp3) is 0.333. The molecule has 1 aliphatic rings. The van der Waals surface area contributed by atoms with Crippen molar-refractivity contribution in [1.29, 1.82) is 0 Å². The molecule has 0 N–H and O–H groups in total. The van der Waals surface area contributed by atoms with Gasteiger partial charge in [-0.25, -0.2) is 9.97 Å². The summed E-state index contributed by atoms with van der Waals surface area (Å²) in [7, 11) is 1.70. The van der Waals surface area contributed by atoms with Crippen LogP contribution in [-0.4, -0.2) is 57.3 Å². The average molecular weight is 410 g/mol. The highest BCUT2D eigenvalue weighted by atomic mass is 32.2. The Bertz CT molecular complexity index is 1090. The van der Waals surface area contributed by atoms with Gasteiger partial charge in [0.25, 0.3) is 5.56 Å². The van der Waals surface area contributed by atoms with Crippen LogP contribution in [0.15, 0.2) is 52.5 Å². The zero-order valence-electron chi connectivity index (χ0n) is 16.5. The zero-order chi connectivity index (χ0) is 20.4. The number of carbonyl (C=O) groups excluding carboxylic acids is 1. The van der Waals surface area contributed by atoms with Crippen LogP contribution in [0.25, 0.3) is 10.9 Å². The number of rotatable bonds is 4. The Balaban J connectivity index is 1.40. The third kappa shape index (κ3) is 4.12. The summed E-state index contributed by atoms with van der Waals surface area (Å²) in [6.07, 6.45) is 1.78. The van der Waals surface area contributed by atoms with Gasteiger partial charge in [0.1, 0.15) is 5.82 Å². The number of hydrogen-bond donors (Lipinski definition) is 0. The molecular weight excluding hydrogens is 386 g/mol. The molecule has 1 fully saturated rings. The number of piperazine rings is 1. The van der Waals surface area contributed by atoms with E-state index in [1.807, 2.05) is 48.2 Å². The first-order chi connectivity index (χ1) is 14.0. The first-order valence-corrected chi connectivity index (χ1v) is 10.6. The van der Waals surface area contributed by atoms with Crippen LogP contribution in [-0.2, 0) is 11.8 Å². The molecule has 0 unspecified atom stereocenters. The van der Waals surface area contributed by atoms with Crippen molar-refractivity contribution in [3.05, 3.63) is 58.5 Å². The van der Waals surface area contributed by atoms with E-state index >= 15 is 0 Å². The lowest BCUT2D eigenvalue weighted by Crippen LogP contribution is -2.49. The van der Waals surface area contributed by atoms with Crippen molar-refractivity contribution < 1.29 is 4.79 Å². The van der Waals surface area contributed by atoms with E-state index in [9.17, 15) is 9.59 Å². The van der Waals surface area contributed by atoms with Gasteiger partial charge >= 0.3 is 0 Å². The second kappa shape index (κ2) is 8.24. The van der Waals surface area contributed by atoms with Gasteiger partial charge in [-0.15, -0.1) is 0 Å². The highest BCUT2D eigenvalue weighted by Crippen LogP contribution is 2.19. The molecule has 2 aromatic heterocycles. The summed E-state index contributed by atoms with van der Waals surface area (Å²) in [5, 5.41) is 1.17. The van der Waals surface area contributed by atoms with Crippen molar-refractivity contribution in [3.63, 3.8) is 0 Å². The Morgan fingerprint density at radius 1 is 1.14 bits per heavy atom. The molecule has 0 bridgehead atoms. The van der Waals surface area contributed by atoms with Gasteiger partial charge in [-0.2, -0.15) is 0 Å². The zero-order valence-corrected chi connectivity index (χ0v) is 17.4. The van der Waals surface area contributed by atoms with E-state index in [4.69, 9.17) is 0 Å². The lowest BCUT2D eigenvalue weighted by atomic mass is 10.2. The summed E-state index contributed by atoms with van der Waals surface area (Å²) < 4.78 is 1.53. The van der Waals surface area contributed by atoms with E-state index in [-0.39, 0.29) is 17.2 Å². The summed E-state index contributed by atoms with van der Waals surface area (Å²) in [5.41, 5.74) is 1.60. The maximum Gasteiger partial charge on any atom is 0.261 e. The molecule has 1 amide bonds. The van der Waals surface area contributed by atoms with Crippen molar-refractivity contribution in [2.24, 2.45) is 7.05 Å². The number of benzene rings is 1. The number of thioether (sulfide) groups is 1. The van der Waals surface area contributed by atoms with Gasteiger partial charge in [-0.1, -0.05) is 29.5 Å². The van der Waals surface area contributed by atoms with Crippen molar-refractivity contribution in [2.45, 2.75) is 12.1 Å². The minimum atomic E-state index is -0.0855. The molecule has 1 saturated heterocycles. The first-order valence-electron chi connectivity index (χ1n) is 9.57. The van der Waals surface area contributed by atoms with Gasteiger partial charge < -0.3 is 9.80 Å². The minimum Gasteiger partial charge on any atom is -0.353 e. The van der Waals surface area contributed by atoms with Gasteiger partial charge in [0, 0.05) is 39.4 Å². The van der Waals surface area contributed by atoms with Gasteiger partial charge in [-0.3, -0.25) is 14.2 Å². The predicted octanol–water partition coefficient (Wildman–Crippen LogP) is 2.08. The number of nitrogens with zero attached hydrogens (tertiary/aromatic N) is 5. The molecule has 4 rings (SSSR count). The number of aromatic nitrogens is 3. The molecule has 8 heteroatoms. The lowest BCUT2D eigenvalue weighted by Gasteiger charge is -2.35. The Kier molecular flexibility index (Phi) is 5.53. The van der Waals surface area contributed by atoms with E-state index in [1.54, 1.807) is 13.2 Å². The molecule has 7 nitrogen and oxygen atoms in total. The fourth-order valence-electron chi connectivity index (χ4n) is 3.44. The van der Waals surface area contributed by atoms with Crippen LogP contribution in [0, 0.1) is 6.92 Å². The number of carbonyl (C=O) groups is 1. The first kappa shape index (κ1) is 19.4. The summed E-state index contributed by atoms with van der Waals surface area (Å²) in [6.45, 7) is 4.81. The van der Waals surface area contributed by atoms with E-state index in [0.717, 1.165) is 24.5 Å². The standard InChI is InChI=1S/C21H23N5O2S/c1-15-6-7-17-16(13-15)20(28)24(2)21(23-17)29-14-19(27)26-11-9-25(10-12-26)18-5-3-4-8-22-18/h3-8,13H,9-12,14H2,1-2H3. The van der Waals surface area contributed by atoms with Crippen LogP contribution in [0.1, 0.15) is 5.56 Å². The van der Waals surface area contributed by atoms with Crippen molar-refractivity contribution in [3.8, 4) is 0 Å². The molecule has 3 aromatic rings. The lowest BCUT2D eigenvalue weighted by molar-refractivity contribution is -0.128. The smallest absolute Gasteiger partial charge is 0.261 e. The van der Waals surface area contributed by atoms with E-state index in [0.29, 0.717) is 29.1 Å². The van der Waals surface area contributed by atoms with E-state index in [1.165, 1.54) is 16.3 Å². The SMILES string of the molecule is Cc1ccc2nc(SCC(=O)N3CCN(c4ccccn4)CC3)n(C)c(=O)c2c1. The summed E-state index contributed by atoms with van der Waals surface area (Å²) >= 11 is 1.31. The predicted molar refractivity (Wildman–Crippen MR) is 115 cm³/mol. The van der Waals surface area contributed by atoms with Crippen LogP contribution in [0.4, 0.5) is 5.82 Å². The Morgan fingerprint density at radius 3 is 2.66 bits per heavy atom. The average Bonchev–Trinajstić information content (AvgIpc) is 2.76. The summed E-state index contributed by atoms with van der Waals surface area (Å²) in [6, 6.07) is 11.5. The van der Waals surface area contributed by atoms with Gasteiger partial charge in [-0.05, 0) is 31.2 Å². The number of anilines is 1. The third-order valence-corrected chi connectivity index (χ3v) is 6.14. The molecule has 0 spiro atoms. The Hall–Kier alpha value is -2.87. The Morgan fingerprint density at radius 2 is 1.93 bits per heavy atom. The van der Waals surface area contributed by atoms with Crippen molar-refractivity contribution in [2.75, 3.05) is 36.8 Å². The molecule has 3 heterocycles. The van der Waals surface area contributed by atoms with Crippen LogP contribution in [0.2, 0.25) is 0 Å². The number of pyridine rings is 1. The fourth-order valence-corrected chi connectivity index (χ4v) is 4.31. The number of hydrogen-bond acceptors (Lipinski definition) is 6. The minimum absolute atomic E-state index is 0.0638. The molecular formula is C21H23N5O2S. The highest BCUT2D eigenvalue weighted by Gasteiger charge is 2.22. The molecule has 29 heavy (non-hydrogen) atoms. The summed E-state index contributed by atoms with van der Waals surface area (Å²) in [5.74, 6) is 1.27. The third-order valence-electron chi connectivity index (χ3n) is 5.12. The molecule has 0 radical (unpaired) electrons. The normalized spacial score (nSPS) is 14.4. The second-order valence-electron chi connectivity index (χ2n) is 7.12. The largest absolute Gasteiger partial charge is 0.353 e. The topological polar surface area (TPSA) is 71.3 Å². The molecule has 0 saturated carbocycles. The summed E-state index contributed by atoms with van der Waals surface area (Å²) in [4.78, 5) is 38.3. The quantitative estimate of drug-likeness (QED) is 0.485. The van der Waals surface area contributed by atoms with Crippen molar-refractivity contribution >= 4 is 34.4 Å². The number of aryl methyl sites for hydroxylation is 1. The monoisotopic (exact) mass is 409 g/mol. The number of amides is 1. The van der Waals surface area contributed by atoms with Crippen molar-refractivity contribution in [1.82, 2.24) is 19.4 Å². The maximum atomic E-state index is 12.7. The van der Waals surface area contributed by atoms with Crippen LogP contribution < -0.4 is 10.5 Å². The van der Waals surface area contributed by atoms with Gasteiger partial charge in [0.15, 0.2) is 5.16 Å². The van der Waals surface area contributed by atoms with Crippen LogP contribution >= 0.6 is 11.8 Å². The Labute approximate surface area is 173 Å².